The van der Waals surface area contributed by atoms with Gasteiger partial charge in [-0.25, -0.2) is 4.57 Å². The smallest absolute Gasteiger partial charge is 0.462 e. The molecule has 0 spiro atoms. The fourth-order valence-electron chi connectivity index (χ4n) is 6.55. The lowest BCUT2D eigenvalue weighted by atomic mass is 9.85. The molecule has 0 heterocycles. The Balaban J connectivity index is 2.51. The van der Waals surface area contributed by atoms with Crippen LogP contribution in [0.1, 0.15) is 162 Å². The van der Waals surface area contributed by atoms with Crippen molar-refractivity contribution in [2.24, 2.45) is 0 Å². The summed E-state index contributed by atoms with van der Waals surface area (Å²) in [6, 6.07) is 0. The van der Waals surface area contributed by atoms with E-state index in [-0.39, 0.29) is 12.8 Å². The third-order valence-electron chi connectivity index (χ3n) is 10.3. The molecule has 1 aliphatic rings. The van der Waals surface area contributed by atoms with Crippen LogP contribution < -0.4 is 0 Å². The number of rotatable bonds is 37. The Bertz CT molecular complexity index is 1360. The van der Waals surface area contributed by atoms with Gasteiger partial charge in [-0.05, 0) is 77.0 Å². The van der Waals surface area contributed by atoms with Crippen molar-refractivity contribution in [1.82, 2.24) is 0 Å². The largest absolute Gasteiger partial charge is 0.472 e. The van der Waals surface area contributed by atoms with Gasteiger partial charge in [0, 0.05) is 12.8 Å². The molecule has 0 amide bonds. The SMILES string of the molecule is CC/C=C\C/C=C\C/C=C\C/C=C\C/C=C\CCCC(=O)OC(COC(=O)CCCCCCC/C=C\CCCCCCCCC)COP(=O)(O)OC1C(O)C(O)C(O)C(O)C1O. The summed E-state index contributed by atoms with van der Waals surface area (Å²) in [5.41, 5.74) is 0. The molecule has 0 aliphatic heterocycles. The number of carbonyl (C=O) groups is 2. The van der Waals surface area contributed by atoms with Gasteiger partial charge in [-0.2, -0.15) is 0 Å². The number of phosphoric acid groups is 1. The summed E-state index contributed by atoms with van der Waals surface area (Å²) in [5, 5.41) is 50.1. The van der Waals surface area contributed by atoms with Crippen LogP contribution in [0.15, 0.2) is 72.9 Å². The molecule has 14 heteroatoms. The molecule has 356 valence electrons. The summed E-state index contributed by atoms with van der Waals surface area (Å²) in [7, 11) is -5.14. The van der Waals surface area contributed by atoms with Gasteiger partial charge in [0.25, 0.3) is 0 Å². The predicted molar refractivity (Wildman–Crippen MR) is 244 cm³/mol. The van der Waals surface area contributed by atoms with Crippen LogP contribution in [0.2, 0.25) is 0 Å². The highest BCUT2D eigenvalue weighted by Crippen LogP contribution is 2.47. The van der Waals surface area contributed by atoms with E-state index in [2.05, 4.69) is 74.6 Å². The van der Waals surface area contributed by atoms with E-state index in [9.17, 15) is 44.6 Å². The zero-order chi connectivity index (χ0) is 45.7. The lowest BCUT2D eigenvalue weighted by Gasteiger charge is -2.41. The molecule has 62 heavy (non-hydrogen) atoms. The summed E-state index contributed by atoms with van der Waals surface area (Å²) in [6.45, 7) is 3.12. The number of hydrogen-bond donors (Lipinski definition) is 6. The molecule has 0 aromatic carbocycles. The van der Waals surface area contributed by atoms with Crippen LogP contribution in [0.3, 0.4) is 0 Å². The van der Waals surface area contributed by atoms with Crippen LogP contribution in [0.5, 0.6) is 0 Å². The molecule has 1 rings (SSSR count). The molecule has 0 aromatic heterocycles. The summed E-state index contributed by atoms with van der Waals surface area (Å²) in [5.74, 6) is -1.18. The van der Waals surface area contributed by atoms with E-state index in [0.717, 1.165) is 70.6 Å². The van der Waals surface area contributed by atoms with Gasteiger partial charge < -0.3 is 39.9 Å². The van der Waals surface area contributed by atoms with Crippen LogP contribution in [-0.2, 0) is 32.7 Å². The fourth-order valence-corrected chi connectivity index (χ4v) is 7.52. The highest BCUT2D eigenvalue weighted by atomic mass is 31.2. The molecular formula is C48H81O13P. The van der Waals surface area contributed by atoms with Crippen molar-refractivity contribution in [3.05, 3.63) is 72.9 Å². The van der Waals surface area contributed by atoms with E-state index in [1.807, 2.05) is 12.2 Å². The summed E-state index contributed by atoms with van der Waals surface area (Å²) < 4.78 is 33.5. The first-order valence-corrected chi connectivity index (χ1v) is 24.7. The van der Waals surface area contributed by atoms with Gasteiger partial charge in [-0.3, -0.25) is 18.6 Å². The van der Waals surface area contributed by atoms with E-state index in [1.165, 1.54) is 44.9 Å². The summed E-state index contributed by atoms with van der Waals surface area (Å²) in [6.07, 6.45) is 33.9. The minimum atomic E-state index is -5.14. The van der Waals surface area contributed by atoms with Crippen molar-refractivity contribution in [3.8, 4) is 0 Å². The Morgan fingerprint density at radius 2 is 0.935 bits per heavy atom. The van der Waals surface area contributed by atoms with E-state index in [0.29, 0.717) is 19.3 Å². The second kappa shape index (κ2) is 37.6. The zero-order valence-corrected chi connectivity index (χ0v) is 38.5. The average Bonchev–Trinajstić information content (AvgIpc) is 3.25. The maximum Gasteiger partial charge on any atom is 0.472 e. The number of hydrogen-bond acceptors (Lipinski definition) is 12. The van der Waals surface area contributed by atoms with Crippen molar-refractivity contribution < 1.29 is 63.1 Å². The molecule has 13 nitrogen and oxygen atoms in total. The standard InChI is InChI=1S/C48H81O13P/c1-3-5-7-9-11-13-15-17-19-21-23-25-27-29-31-33-35-37-42(50)60-40(39-59-62(56,57)61-48-46(54)44(52)43(51)45(53)47(48)55)38-58-41(49)36-34-32-30-28-26-24-22-20-18-16-14-12-10-8-6-4-2/h5,7,11,13,17,19-20,22-23,25,29,31,40,43-48,51-55H,3-4,6,8-10,12,14-16,18,21,24,26-28,30,32-39H2,1-2H3,(H,56,57)/b7-5-,13-11-,19-17-,22-20-,25-23-,31-29-. The Hall–Kier alpha value is -2.71. The maximum atomic E-state index is 12.8. The van der Waals surface area contributed by atoms with Gasteiger partial charge in [-0.1, -0.05) is 145 Å². The normalized spacial score (nSPS) is 22.5. The second-order valence-corrected chi connectivity index (χ2v) is 17.3. The number of ether oxygens (including phenoxy) is 2. The first-order valence-electron chi connectivity index (χ1n) is 23.2. The van der Waals surface area contributed by atoms with Crippen molar-refractivity contribution in [1.29, 1.82) is 0 Å². The Morgan fingerprint density at radius 1 is 0.516 bits per heavy atom. The van der Waals surface area contributed by atoms with Gasteiger partial charge in [0.05, 0.1) is 6.61 Å². The molecule has 0 aromatic rings. The van der Waals surface area contributed by atoms with Gasteiger partial charge in [-0.15, -0.1) is 0 Å². The minimum Gasteiger partial charge on any atom is -0.462 e. The Labute approximate surface area is 372 Å². The maximum absolute atomic E-state index is 12.8. The molecule has 0 radical (unpaired) electrons. The lowest BCUT2D eigenvalue weighted by Crippen LogP contribution is -2.64. The first-order chi connectivity index (χ1) is 29.9. The molecule has 6 atom stereocenters. The van der Waals surface area contributed by atoms with Gasteiger partial charge >= 0.3 is 19.8 Å². The van der Waals surface area contributed by atoms with Crippen LogP contribution in [0.25, 0.3) is 0 Å². The molecule has 6 unspecified atom stereocenters. The van der Waals surface area contributed by atoms with E-state index < -0.39 is 75.7 Å². The number of unbranched alkanes of at least 4 members (excludes halogenated alkanes) is 13. The van der Waals surface area contributed by atoms with Crippen molar-refractivity contribution in [3.63, 3.8) is 0 Å². The number of esters is 2. The molecule has 1 aliphatic carbocycles. The number of phosphoric ester groups is 1. The molecule has 0 saturated heterocycles. The third kappa shape index (κ3) is 29.6. The van der Waals surface area contributed by atoms with Crippen LogP contribution in [0.4, 0.5) is 0 Å². The zero-order valence-electron chi connectivity index (χ0n) is 37.6. The Morgan fingerprint density at radius 3 is 1.47 bits per heavy atom. The molecular weight excluding hydrogens is 815 g/mol. The van der Waals surface area contributed by atoms with E-state index in [4.69, 9.17) is 18.5 Å². The number of aliphatic hydroxyl groups excluding tert-OH is 5. The van der Waals surface area contributed by atoms with Crippen LogP contribution in [-0.4, -0.2) is 98.3 Å². The molecule has 6 N–H and O–H groups in total. The van der Waals surface area contributed by atoms with Gasteiger partial charge in [0.2, 0.25) is 0 Å². The summed E-state index contributed by atoms with van der Waals surface area (Å²) >= 11 is 0. The summed E-state index contributed by atoms with van der Waals surface area (Å²) in [4.78, 5) is 35.7. The molecule has 0 bridgehead atoms. The van der Waals surface area contributed by atoms with Gasteiger partial charge in [0.1, 0.15) is 43.2 Å². The Kier molecular flexibility index (Phi) is 34.8. The first kappa shape index (κ1) is 57.3. The molecule has 1 fully saturated rings. The van der Waals surface area contributed by atoms with Crippen molar-refractivity contribution in [2.45, 2.75) is 204 Å². The van der Waals surface area contributed by atoms with Gasteiger partial charge in [0.15, 0.2) is 6.10 Å². The topological polar surface area (TPSA) is 210 Å². The highest BCUT2D eigenvalue weighted by Gasteiger charge is 2.51. The average molecular weight is 897 g/mol. The van der Waals surface area contributed by atoms with Crippen LogP contribution in [0, 0.1) is 0 Å². The second-order valence-electron chi connectivity index (χ2n) is 15.9. The highest BCUT2D eigenvalue weighted by molar-refractivity contribution is 7.47. The van der Waals surface area contributed by atoms with E-state index >= 15 is 0 Å². The molecule has 1 saturated carbocycles. The minimum absolute atomic E-state index is 0.0135. The van der Waals surface area contributed by atoms with Crippen molar-refractivity contribution in [2.75, 3.05) is 13.2 Å². The number of allylic oxidation sites excluding steroid dienone is 12. The monoisotopic (exact) mass is 897 g/mol. The number of carbonyl (C=O) groups excluding carboxylic acids is 2. The predicted octanol–water partition coefficient (Wildman–Crippen LogP) is 9.11. The fraction of sp³-hybridized carbons (Fsp3) is 0.708. The number of aliphatic hydroxyl groups is 5. The van der Waals surface area contributed by atoms with Crippen LogP contribution >= 0.6 is 7.82 Å². The lowest BCUT2D eigenvalue weighted by molar-refractivity contribution is -0.220. The van der Waals surface area contributed by atoms with Crippen molar-refractivity contribution >= 4 is 19.8 Å². The quantitative estimate of drug-likeness (QED) is 0.0149. The van der Waals surface area contributed by atoms with E-state index in [1.54, 1.807) is 0 Å². The third-order valence-corrected chi connectivity index (χ3v) is 11.3.